The van der Waals surface area contributed by atoms with E-state index in [1.54, 1.807) is 0 Å². The first-order valence-corrected chi connectivity index (χ1v) is 7.95. The SMILES string of the molecule is Cc1cccc2cc(C(=O)N[C@H]3C[C@@H](NC(=O)CCN)C3)[nH]c12. The molecule has 0 radical (unpaired) electrons. The number of fused-ring (bicyclic) bond motifs is 1. The Bertz CT molecular complexity index is 731. The summed E-state index contributed by atoms with van der Waals surface area (Å²) in [5.41, 5.74) is 8.03. The maximum atomic E-state index is 12.3. The van der Waals surface area contributed by atoms with Crippen LogP contribution in [0.1, 0.15) is 35.3 Å². The van der Waals surface area contributed by atoms with Gasteiger partial charge in [-0.05, 0) is 31.4 Å². The molecular weight excluding hydrogens is 292 g/mol. The van der Waals surface area contributed by atoms with Gasteiger partial charge in [0.1, 0.15) is 5.69 Å². The molecule has 0 spiro atoms. The molecule has 1 aliphatic carbocycles. The summed E-state index contributed by atoms with van der Waals surface area (Å²) in [6, 6.07) is 8.11. The highest BCUT2D eigenvalue weighted by Crippen LogP contribution is 2.22. The molecule has 1 aromatic carbocycles. The lowest BCUT2D eigenvalue weighted by molar-refractivity contribution is -0.122. The van der Waals surface area contributed by atoms with Crippen LogP contribution in [0.3, 0.4) is 0 Å². The van der Waals surface area contributed by atoms with Gasteiger partial charge >= 0.3 is 0 Å². The van der Waals surface area contributed by atoms with Crippen molar-refractivity contribution < 1.29 is 9.59 Å². The minimum Gasteiger partial charge on any atom is -0.353 e. The number of para-hydroxylation sites is 1. The molecule has 23 heavy (non-hydrogen) atoms. The summed E-state index contributed by atoms with van der Waals surface area (Å²) in [4.78, 5) is 26.9. The predicted molar refractivity (Wildman–Crippen MR) is 89.1 cm³/mol. The van der Waals surface area contributed by atoms with Crippen LogP contribution < -0.4 is 16.4 Å². The number of H-pyrrole nitrogens is 1. The van der Waals surface area contributed by atoms with E-state index in [0.29, 0.717) is 18.7 Å². The second kappa shape index (κ2) is 6.42. The van der Waals surface area contributed by atoms with Crippen molar-refractivity contribution in [2.45, 2.75) is 38.3 Å². The molecule has 1 fully saturated rings. The first-order valence-electron chi connectivity index (χ1n) is 7.95. The highest BCUT2D eigenvalue weighted by atomic mass is 16.2. The van der Waals surface area contributed by atoms with Crippen LogP contribution in [0.2, 0.25) is 0 Å². The van der Waals surface area contributed by atoms with Crippen LogP contribution in [0, 0.1) is 6.92 Å². The van der Waals surface area contributed by atoms with Crippen LogP contribution in [-0.4, -0.2) is 35.4 Å². The Morgan fingerprint density at radius 1 is 1.26 bits per heavy atom. The van der Waals surface area contributed by atoms with Crippen LogP contribution in [0.5, 0.6) is 0 Å². The zero-order chi connectivity index (χ0) is 16.4. The van der Waals surface area contributed by atoms with E-state index in [1.807, 2.05) is 31.2 Å². The van der Waals surface area contributed by atoms with Crippen molar-refractivity contribution >= 4 is 22.7 Å². The maximum absolute atomic E-state index is 12.3. The summed E-state index contributed by atoms with van der Waals surface area (Å²) in [7, 11) is 0. The largest absolute Gasteiger partial charge is 0.353 e. The molecule has 5 N–H and O–H groups in total. The highest BCUT2D eigenvalue weighted by molar-refractivity contribution is 5.98. The smallest absolute Gasteiger partial charge is 0.267 e. The van der Waals surface area contributed by atoms with Crippen molar-refractivity contribution in [1.29, 1.82) is 0 Å². The normalized spacial score (nSPS) is 20.1. The molecule has 0 unspecified atom stereocenters. The van der Waals surface area contributed by atoms with Gasteiger partial charge in [0.15, 0.2) is 0 Å². The summed E-state index contributed by atoms with van der Waals surface area (Å²) in [6.45, 7) is 2.37. The number of rotatable bonds is 5. The first-order chi connectivity index (χ1) is 11.1. The van der Waals surface area contributed by atoms with Crippen molar-refractivity contribution in [1.82, 2.24) is 15.6 Å². The molecular formula is C17H22N4O2. The molecule has 3 rings (SSSR count). The minimum atomic E-state index is -0.0997. The molecule has 0 saturated heterocycles. The third-order valence-corrected chi connectivity index (χ3v) is 4.32. The van der Waals surface area contributed by atoms with Gasteiger partial charge in [-0.15, -0.1) is 0 Å². The van der Waals surface area contributed by atoms with E-state index >= 15 is 0 Å². The number of amides is 2. The number of hydrogen-bond donors (Lipinski definition) is 4. The lowest BCUT2D eigenvalue weighted by atomic mass is 9.86. The molecule has 1 aliphatic rings. The Kier molecular flexibility index (Phi) is 4.34. The zero-order valence-corrected chi connectivity index (χ0v) is 13.2. The van der Waals surface area contributed by atoms with Gasteiger partial charge in [0.25, 0.3) is 5.91 Å². The molecule has 1 saturated carbocycles. The number of aromatic amines is 1. The minimum absolute atomic E-state index is 0.0200. The maximum Gasteiger partial charge on any atom is 0.267 e. The Hall–Kier alpha value is -2.34. The quantitative estimate of drug-likeness (QED) is 0.667. The van der Waals surface area contributed by atoms with Crippen molar-refractivity contribution in [3.63, 3.8) is 0 Å². The van der Waals surface area contributed by atoms with Gasteiger partial charge in [-0.1, -0.05) is 18.2 Å². The van der Waals surface area contributed by atoms with E-state index in [-0.39, 0.29) is 23.9 Å². The Balaban J connectivity index is 1.54. The third kappa shape index (κ3) is 3.37. The fourth-order valence-corrected chi connectivity index (χ4v) is 2.98. The number of carbonyl (C=O) groups is 2. The second-order valence-electron chi connectivity index (χ2n) is 6.17. The molecule has 0 bridgehead atoms. The number of aromatic nitrogens is 1. The van der Waals surface area contributed by atoms with Gasteiger partial charge in [-0.3, -0.25) is 9.59 Å². The van der Waals surface area contributed by atoms with E-state index in [9.17, 15) is 9.59 Å². The Labute approximate surface area is 134 Å². The van der Waals surface area contributed by atoms with Crippen LogP contribution >= 0.6 is 0 Å². The summed E-state index contributed by atoms with van der Waals surface area (Å²) in [6.07, 6.45) is 1.88. The van der Waals surface area contributed by atoms with Crippen molar-refractivity contribution in [2.75, 3.05) is 6.54 Å². The number of carbonyl (C=O) groups excluding carboxylic acids is 2. The molecule has 0 aliphatic heterocycles. The van der Waals surface area contributed by atoms with Crippen molar-refractivity contribution in [3.05, 3.63) is 35.5 Å². The van der Waals surface area contributed by atoms with Gasteiger partial charge in [0.2, 0.25) is 5.91 Å². The predicted octanol–water partition coefficient (Wildman–Crippen LogP) is 1.20. The van der Waals surface area contributed by atoms with E-state index in [4.69, 9.17) is 5.73 Å². The molecule has 122 valence electrons. The number of nitrogens with one attached hydrogen (secondary N) is 3. The summed E-state index contributed by atoms with van der Waals surface area (Å²) >= 11 is 0. The summed E-state index contributed by atoms with van der Waals surface area (Å²) in [5.74, 6) is -0.120. The molecule has 6 nitrogen and oxygen atoms in total. The number of hydrogen-bond acceptors (Lipinski definition) is 3. The highest BCUT2D eigenvalue weighted by Gasteiger charge is 2.31. The molecule has 1 aromatic heterocycles. The van der Waals surface area contributed by atoms with E-state index < -0.39 is 0 Å². The van der Waals surface area contributed by atoms with Gasteiger partial charge < -0.3 is 21.4 Å². The first kappa shape index (κ1) is 15.6. The van der Waals surface area contributed by atoms with E-state index in [1.165, 1.54) is 0 Å². The average molecular weight is 314 g/mol. The Morgan fingerprint density at radius 2 is 2.00 bits per heavy atom. The monoisotopic (exact) mass is 314 g/mol. The second-order valence-corrected chi connectivity index (χ2v) is 6.17. The number of nitrogens with two attached hydrogens (primary N) is 1. The van der Waals surface area contributed by atoms with Gasteiger partial charge in [0, 0.05) is 36.0 Å². The van der Waals surface area contributed by atoms with Crippen LogP contribution in [0.25, 0.3) is 10.9 Å². The lowest BCUT2D eigenvalue weighted by Crippen LogP contribution is -2.53. The topological polar surface area (TPSA) is 100 Å². The zero-order valence-electron chi connectivity index (χ0n) is 13.2. The summed E-state index contributed by atoms with van der Waals surface area (Å²) < 4.78 is 0. The van der Waals surface area contributed by atoms with Crippen LogP contribution in [-0.2, 0) is 4.79 Å². The van der Waals surface area contributed by atoms with Crippen molar-refractivity contribution in [2.24, 2.45) is 5.73 Å². The number of benzene rings is 1. The molecule has 2 aromatic rings. The molecule has 2 amide bonds. The van der Waals surface area contributed by atoms with Crippen molar-refractivity contribution in [3.8, 4) is 0 Å². The molecule has 6 heteroatoms. The average Bonchev–Trinajstić information content (AvgIpc) is 2.91. The van der Waals surface area contributed by atoms with Gasteiger partial charge in [-0.2, -0.15) is 0 Å². The van der Waals surface area contributed by atoms with Gasteiger partial charge in [-0.25, -0.2) is 0 Å². The van der Waals surface area contributed by atoms with E-state index in [0.717, 1.165) is 29.3 Å². The fraction of sp³-hybridized carbons (Fsp3) is 0.412. The Morgan fingerprint density at radius 3 is 2.70 bits per heavy atom. The number of aryl methyl sites for hydroxylation is 1. The summed E-state index contributed by atoms with van der Waals surface area (Å²) in [5, 5.41) is 6.95. The molecule has 0 atom stereocenters. The third-order valence-electron chi connectivity index (χ3n) is 4.32. The van der Waals surface area contributed by atoms with Crippen LogP contribution in [0.15, 0.2) is 24.3 Å². The molecule has 1 heterocycles. The van der Waals surface area contributed by atoms with E-state index in [2.05, 4.69) is 15.6 Å². The lowest BCUT2D eigenvalue weighted by Gasteiger charge is -2.36. The standard InChI is InChI=1S/C17H22N4O2/c1-10-3-2-4-11-7-14(21-16(10)11)17(23)20-13-8-12(9-13)19-15(22)5-6-18/h2-4,7,12-13,21H,5-6,8-9,18H2,1H3,(H,19,22)(H,20,23)/t12-,13+. The van der Waals surface area contributed by atoms with Gasteiger partial charge in [0.05, 0.1) is 0 Å². The fourth-order valence-electron chi connectivity index (χ4n) is 2.98. The van der Waals surface area contributed by atoms with Crippen LogP contribution in [0.4, 0.5) is 0 Å².